The van der Waals surface area contributed by atoms with Gasteiger partial charge in [0, 0.05) is 13.8 Å². The summed E-state index contributed by atoms with van der Waals surface area (Å²) >= 11 is 0. The molecule has 5 saturated carbocycles. The minimum absolute atomic E-state index is 0.226. The summed E-state index contributed by atoms with van der Waals surface area (Å²) in [7, 11) is 0. The maximum Gasteiger partial charge on any atom is 0.323 e. The Morgan fingerprint density at radius 3 is 1.81 bits per heavy atom. The number of ether oxygens (including phenoxy) is 2. The predicted octanol–water partition coefficient (Wildman–Crippen LogP) is 1.83. The first-order chi connectivity index (χ1) is 9.98. The van der Waals surface area contributed by atoms with E-state index in [-0.39, 0.29) is 17.9 Å². The molecular weight excluding hydrogens is 268 g/mol. The van der Waals surface area contributed by atoms with Crippen molar-refractivity contribution in [3.63, 3.8) is 0 Å². The SMILES string of the molecule is CC1(C)OC(=O)C([C@@H]2[C@@H]3[C@@H]4C[C@H]5[C@@H]6[C@H]4C[C@H]3[C@H]6[C@@H]52)C(=O)O1. The molecule has 112 valence electrons. The predicted molar refractivity (Wildman–Crippen MR) is 70.4 cm³/mol. The summed E-state index contributed by atoms with van der Waals surface area (Å²) in [5.41, 5.74) is 0. The van der Waals surface area contributed by atoms with Crippen LogP contribution in [0, 0.1) is 59.2 Å². The minimum Gasteiger partial charge on any atom is -0.422 e. The second kappa shape index (κ2) is 3.02. The number of fused-ring (bicyclic) bond motifs is 2. The number of carbonyl (C=O) groups is 2. The Hall–Kier alpha value is -1.06. The average molecular weight is 288 g/mol. The molecule has 0 aromatic carbocycles. The largest absolute Gasteiger partial charge is 0.422 e. The number of hydrogen-bond donors (Lipinski definition) is 0. The molecular formula is C17H20O4. The van der Waals surface area contributed by atoms with Crippen LogP contribution in [0.3, 0.4) is 0 Å². The molecule has 21 heavy (non-hydrogen) atoms. The quantitative estimate of drug-likeness (QED) is 0.545. The summed E-state index contributed by atoms with van der Waals surface area (Å²) in [4.78, 5) is 25.0. The Morgan fingerprint density at radius 2 is 1.24 bits per heavy atom. The molecule has 6 rings (SSSR count). The van der Waals surface area contributed by atoms with Crippen LogP contribution in [-0.4, -0.2) is 17.7 Å². The summed E-state index contributed by atoms with van der Waals surface area (Å²) in [5.74, 6) is 4.14. The van der Waals surface area contributed by atoms with E-state index < -0.39 is 11.7 Å². The van der Waals surface area contributed by atoms with Crippen molar-refractivity contribution in [2.45, 2.75) is 32.5 Å². The molecule has 9 atom stereocenters. The van der Waals surface area contributed by atoms with Gasteiger partial charge in [0.2, 0.25) is 0 Å². The van der Waals surface area contributed by atoms with Crippen molar-refractivity contribution in [2.75, 3.05) is 0 Å². The van der Waals surface area contributed by atoms with Gasteiger partial charge in [0.25, 0.3) is 5.79 Å². The smallest absolute Gasteiger partial charge is 0.323 e. The van der Waals surface area contributed by atoms with E-state index in [1.165, 1.54) is 12.8 Å². The zero-order valence-corrected chi connectivity index (χ0v) is 12.3. The van der Waals surface area contributed by atoms with E-state index in [0.29, 0.717) is 11.8 Å². The van der Waals surface area contributed by atoms with E-state index in [9.17, 15) is 9.59 Å². The van der Waals surface area contributed by atoms with Crippen LogP contribution in [0.1, 0.15) is 26.7 Å². The Balaban J connectivity index is 1.41. The summed E-state index contributed by atoms with van der Waals surface area (Å²) in [6.45, 7) is 3.28. The van der Waals surface area contributed by atoms with Crippen molar-refractivity contribution in [2.24, 2.45) is 59.2 Å². The fraction of sp³-hybridized carbons (Fsp3) is 0.882. The van der Waals surface area contributed by atoms with Gasteiger partial charge in [-0.05, 0) is 66.1 Å². The lowest BCUT2D eigenvalue weighted by Gasteiger charge is -2.49. The third-order valence-corrected chi connectivity index (χ3v) is 7.97. The molecule has 1 heterocycles. The maximum absolute atomic E-state index is 12.5. The molecule has 0 amide bonds. The monoisotopic (exact) mass is 288 g/mol. The van der Waals surface area contributed by atoms with Crippen molar-refractivity contribution in [3.05, 3.63) is 0 Å². The highest BCUT2D eigenvalue weighted by Gasteiger charge is 2.82. The standard InChI is InChI=1S/C17H20O4/c1-17(2)20-15(18)14(16(19)21-17)13-10-6-4-7-9-5(6)3-8(10)11(9)12(7)13/h5-14H,3-4H2,1-2H3/t5-,6+,7-,8+,9-,10+,11+,12+,13+/m0/s1. The van der Waals surface area contributed by atoms with Gasteiger partial charge in [-0.3, -0.25) is 9.59 Å². The van der Waals surface area contributed by atoms with E-state index in [0.717, 1.165) is 35.5 Å². The van der Waals surface area contributed by atoms with Crippen LogP contribution in [0.5, 0.6) is 0 Å². The second-order valence-corrected chi connectivity index (χ2v) is 8.73. The fourth-order valence-corrected chi connectivity index (χ4v) is 8.04. The van der Waals surface area contributed by atoms with Crippen molar-refractivity contribution in [1.82, 2.24) is 0 Å². The summed E-state index contributed by atoms with van der Waals surface area (Å²) in [6, 6.07) is 0. The molecule has 0 spiro atoms. The van der Waals surface area contributed by atoms with Crippen LogP contribution in [0.4, 0.5) is 0 Å². The Labute approximate surface area is 123 Å². The van der Waals surface area contributed by atoms with Crippen molar-refractivity contribution >= 4 is 11.9 Å². The highest BCUT2D eigenvalue weighted by Crippen LogP contribution is 2.85. The maximum atomic E-state index is 12.5. The molecule has 0 N–H and O–H groups in total. The number of hydrogen-bond acceptors (Lipinski definition) is 4. The van der Waals surface area contributed by atoms with Crippen molar-refractivity contribution in [3.8, 4) is 0 Å². The zero-order valence-electron chi connectivity index (χ0n) is 12.3. The van der Waals surface area contributed by atoms with Crippen LogP contribution < -0.4 is 0 Å². The number of esters is 2. The second-order valence-electron chi connectivity index (χ2n) is 8.73. The van der Waals surface area contributed by atoms with Crippen LogP contribution in [-0.2, 0) is 19.1 Å². The number of rotatable bonds is 1. The molecule has 1 aliphatic heterocycles. The van der Waals surface area contributed by atoms with Gasteiger partial charge >= 0.3 is 11.9 Å². The fourth-order valence-electron chi connectivity index (χ4n) is 8.04. The molecule has 2 bridgehead atoms. The van der Waals surface area contributed by atoms with Crippen molar-refractivity contribution < 1.29 is 19.1 Å². The molecule has 0 radical (unpaired) electrons. The van der Waals surface area contributed by atoms with Gasteiger partial charge in [-0.1, -0.05) is 0 Å². The summed E-state index contributed by atoms with van der Waals surface area (Å²) in [5, 5.41) is 0. The van der Waals surface area contributed by atoms with Gasteiger partial charge < -0.3 is 9.47 Å². The van der Waals surface area contributed by atoms with Gasteiger partial charge in [-0.25, -0.2) is 0 Å². The van der Waals surface area contributed by atoms with Crippen LogP contribution in [0.2, 0.25) is 0 Å². The Bertz CT molecular complexity index is 570. The molecule has 6 fully saturated rings. The molecule has 0 aromatic heterocycles. The molecule has 4 nitrogen and oxygen atoms in total. The number of carbonyl (C=O) groups excluding carboxylic acids is 2. The number of cyclic esters (lactones) is 2. The van der Waals surface area contributed by atoms with Crippen LogP contribution in [0.25, 0.3) is 0 Å². The van der Waals surface area contributed by atoms with Gasteiger partial charge in [0.15, 0.2) is 5.92 Å². The van der Waals surface area contributed by atoms with Crippen LogP contribution >= 0.6 is 0 Å². The molecule has 5 aliphatic carbocycles. The van der Waals surface area contributed by atoms with E-state index >= 15 is 0 Å². The zero-order chi connectivity index (χ0) is 14.3. The Kier molecular flexibility index (Phi) is 1.65. The molecule has 4 heteroatoms. The lowest BCUT2D eigenvalue weighted by atomic mass is 9.55. The lowest BCUT2D eigenvalue weighted by Crippen LogP contribution is -2.54. The third kappa shape index (κ3) is 1.02. The first kappa shape index (κ1) is 11.5. The molecule has 0 unspecified atom stereocenters. The first-order valence-electron chi connectivity index (χ1n) is 8.44. The van der Waals surface area contributed by atoms with Gasteiger partial charge in [-0.2, -0.15) is 0 Å². The average Bonchev–Trinajstić information content (AvgIpc) is 2.85. The van der Waals surface area contributed by atoms with E-state index in [1.54, 1.807) is 13.8 Å². The van der Waals surface area contributed by atoms with Crippen molar-refractivity contribution in [1.29, 1.82) is 0 Å². The molecule has 0 aromatic rings. The highest BCUT2D eigenvalue weighted by molar-refractivity contribution is 5.97. The normalized spacial score (nSPS) is 61.1. The van der Waals surface area contributed by atoms with E-state index in [2.05, 4.69) is 0 Å². The Morgan fingerprint density at radius 1 is 0.762 bits per heavy atom. The van der Waals surface area contributed by atoms with Gasteiger partial charge in [-0.15, -0.1) is 0 Å². The third-order valence-electron chi connectivity index (χ3n) is 7.97. The minimum atomic E-state index is -1.09. The highest BCUT2D eigenvalue weighted by atomic mass is 16.7. The first-order valence-corrected chi connectivity index (χ1v) is 8.44. The molecule has 1 saturated heterocycles. The molecule has 6 aliphatic rings. The van der Waals surface area contributed by atoms with Gasteiger partial charge in [0.05, 0.1) is 0 Å². The van der Waals surface area contributed by atoms with E-state index in [4.69, 9.17) is 9.47 Å². The van der Waals surface area contributed by atoms with E-state index in [1.807, 2.05) is 0 Å². The van der Waals surface area contributed by atoms with Gasteiger partial charge in [0.1, 0.15) is 0 Å². The topological polar surface area (TPSA) is 52.6 Å². The lowest BCUT2D eigenvalue weighted by molar-refractivity contribution is -0.246. The summed E-state index contributed by atoms with van der Waals surface area (Å²) < 4.78 is 10.8. The summed E-state index contributed by atoms with van der Waals surface area (Å²) in [6.07, 6.45) is 2.74. The van der Waals surface area contributed by atoms with Crippen LogP contribution in [0.15, 0.2) is 0 Å².